The Morgan fingerprint density at radius 2 is 1.96 bits per heavy atom. The molecule has 3 rings (SSSR count). The molecule has 0 bridgehead atoms. The summed E-state index contributed by atoms with van der Waals surface area (Å²) in [6.45, 7) is 3.76. The second-order valence-electron chi connectivity index (χ2n) is 6.11. The van der Waals surface area contributed by atoms with Crippen molar-refractivity contribution in [2.24, 2.45) is 7.05 Å². The van der Waals surface area contributed by atoms with E-state index in [0.29, 0.717) is 12.3 Å². The molecule has 25 heavy (non-hydrogen) atoms. The normalized spacial score (nSPS) is 16.4. The summed E-state index contributed by atoms with van der Waals surface area (Å²) < 4.78 is 13.1. The van der Waals surface area contributed by atoms with Crippen molar-refractivity contribution in [3.05, 3.63) is 54.4 Å². The van der Waals surface area contributed by atoms with Gasteiger partial charge in [-0.15, -0.1) is 0 Å². The summed E-state index contributed by atoms with van der Waals surface area (Å²) in [6, 6.07) is 13.6. The topological polar surface area (TPSA) is 55.7 Å². The maximum atomic E-state index is 12.2. The minimum atomic E-state index is -0.115. The molecule has 134 valence electrons. The van der Waals surface area contributed by atoms with E-state index >= 15 is 0 Å². The Kier molecular flexibility index (Phi) is 6.09. The first-order valence-electron chi connectivity index (χ1n) is 8.61. The average Bonchev–Trinajstić information content (AvgIpc) is 3.08. The van der Waals surface area contributed by atoms with Crippen molar-refractivity contribution in [1.29, 1.82) is 0 Å². The highest BCUT2D eigenvalue weighted by atomic mass is 16.5. The number of rotatable bonds is 7. The van der Waals surface area contributed by atoms with E-state index in [1.807, 2.05) is 49.6 Å². The van der Waals surface area contributed by atoms with Crippen molar-refractivity contribution in [1.82, 2.24) is 14.8 Å². The maximum Gasteiger partial charge on any atom is 0.258 e. The van der Waals surface area contributed by atoms with Crippen LogP contribution in [-0.2, 0) is 16.6 Å². The van der Waals surface area contributed by atoms with Crippen molar-refractivity contribution in [3.63, 3.8) is 0 Å². The van der Waals surface area contributed by atoms with Crippen LogP contribution in [-0.4, -0.2) is 54.8 Å². The van der Waals surface area contributed by atoms with Crippen LogP contribution in [0, 0.1) is 0 Å². The maximum absolute atomic E-state index is 12.2. The number of hydrogen-bond acceptors (Lipinski definition) is 4. The summed E-state index contributed by atoms with van der Waals surface area (Å²) in [5, 5.41) is 3.01. The summed E-state index contributed by atoms with van der Waals surface area (Å²) >= 11 is 0. The molecule has 1 N–H and O–H groups in total. The first-order chi connectivity index (χ1) is 12.2. The zero-order valence-corrected chi connectivity index (χ0v) is 14.6. The van der Waals surface area contributed by atoms with Gasteiger partial charge in [-0.1, -0.05) is 18.2 Å². The van der Waals surface area contributed by atoms with Crippen LogP contribution in [0.5, 0.6) is 5.75 Å². The number of carbonyl (C=O) groups excluding carboxylic acids is 1. The lowest BCUT2D eigenvalue weighted by atomic mass is 10.1. The molecule has 1 atom stereocenters. The highest BCUT2D eigenvalue weighted by Crippen LogP contribution is 2.21. The highest BCUT2D eigenvalue weighted by Gasteiger charge is 2.24. The van der Waals surface area contributed by atoms with E-state index in [1.165, 1.54) is 5.69 Å². The van der Waals surface area contributed by atoms with Crippen LogP contribution in [0.3, 0.4) is 0 Å². The number of nitrogens with one attached hydrogen (secondary N) is 1. The van der Waals surface area contributed by atoms with Crippen LogP contribution in [0.2, 0.25) is 0 Å². The number of hydrogen-bond donors (Lipinski definition) is 1. The van der Waals surface area contributed by atoms with Gasteiger partial charge in [0.25, 0.3) is 5.91 Å². The Hall–Kier alpha value is -2.31. The molecule has 0 spiro atoms. The fraction of sp³-hybridized carbons (Fsp3) is 0.421. The summed E-state index contributed by atoms with van der Waals surface area (Å²) in [4.78, 5) is 14.5. The van der Waals surface area contributed by atoms with Gasteiger partial charge in [0.15, 0.2) is 6.61 Å². The van der Waals surface area contributed by atoms with Crippen molar-refractivity contribution in [3.8, 4) is 5.75 Å². The van der Waals surface area contributed by atoms with Crippen molar-refractivity contribution in [2.45, 2.75) is 6.04 Å². The molecule has 0 unspecified atom stereocenters. The van der Waals surface area contributed by atoms with E-state index in [4.69, 9.17) is 9.47 Å². The van der Waals surface area contributed by atoms with Crippen LogP contribution in [0.4, 0.5) is 0 Å². The molecule has 1 saturated heterocycles. The van der Waals surface area contributed by atoms with Gasteiger partial charge in [0.05, 0.1) is 19.3 Å². The summed E-state index contributed by atoms with van der Waals surface area (Å²) in [5.41, 5.74) is 1.19. The molecule has 1 aliphatic heterocycles. The van der Waals surface area contributed by atoms with E-state index in [1.54, 1.807) is 0 Å². The third kappa shape index (κ3) is 4.84. The Morgan fingerprint density at radius 3 is 2.64 bits per heavy atom. The van der Waals surface area contributed by atoms with E-state index < -0.39 is 0 Å². The number of ether oxygens (including phenoxy) is 2. The minimum absolute atomic E-state index is 0.0208. The molecule has 1 aliphatic rings. The summed E-state index contributed by atoms with van der Waals surface area (Å²) in [5.74, 6) is 0.584. The molecular formula is C19H25N3O3. The zero-order valence-electron chi connectivity index (χ0n) is 14.6. The predicted molar refractivity (Wildman–Crippen MR) is 95.5 cm³/mol. The monoisotopic (exact) mass is 343 g/mol. The second kappa shape index (κ2) is 8.69. The van der Waals surface area contributed by atoms with Crippen LogP contribution in [0.25, 0.3) is 0 Å². The van der Waals surface area contributed by atoms with Crippen LogP contribution < -0.4 is 10.1 Å². The number of morpholine rings is 1. The molecule has 0 saturated carbocycles. The van der Waals surface area contributed by atoms with Gasteiger partial charge in [0.1, 0.15) is 5.75 Å². The van der Waals surface area contributed by atoms with Crippen molar-refractivity contribution < 1.29 is 14.3 Å². The molecule has 0 aliphatic carbocycles. The fourth-order valence-corrected chi connectivity index (χ4v) is 3.06. The van der Waals surface area contributed by atoms with E-state index in [9.17, 15) is 4.79 Å². The van der Waals surface area contributed by atoms with Gasteiger partial charge in [-0.05, 0) is 24.3 Å². The Labute approximate surface area is 148 Å². The number of para-hydroxylation sites is 1. The lowest BCUT2D eigenvalue weighted by Gasteiger charge is -2.34. The lowest BCUT2D eigenvalue weighted by Crippen LogP contribution is -2.45. The van der Waals surface area contributed by atoms with E-state index in [2.05, 4.69) is 20.9 Å². The van der Waals surface area contributed by atoms with Gasteiger partial charge >= 0.3 is 0 Å². The molecule has 1 aromatic heterocycles. The lowest BCUT2D eigenvalue weighted by molar-refractivity contribution is -0.123. The first-order valence-corrected chi connectivity index (χ1v) is 8.61. The van der Waals surface area contributed by atoms with Crippen LogP contribution >= 0.6 is 0 Å². The molecule has 6 heteroatoms. The molecule has 2 aromatic rings. The van der Waals surface area contributed by atoms with Gasteiger partial charge in [-0.3, -0.25) is 9.69 Å². The number of aryl methyl sites for hydroxylation is 1. The Bertz CT molecular complexity index is 666. The predicted octanol–water partition coefficient (Wildman–Crippen LogP) is 1.59. The second-order valence-corrected chi connectivity index (χ2v) is 6.11. The van der Waals surface area contributed by atoms with Crippen LogP contribution in [0.1, 0.15) is 11.7 Å². The van der Waals surface area contributed by atoms with Crippen molar-refractivity contribution in [2.75, 3.05) is 39.5 Å². The number of carbonyl (C=O) groups is 1. The standard InChI is InChI=1S/C19H25N3O3/c1-21-9-5-8-17(21)18(22-10-12-24-13-11-22)14-20-19(23)15-25-16-6-3-2-4-7-16/h2-9,18H,10-15H2,1H3,(H,20,23)/t18-/m1/s1. The molecule has 1 amide bonds. The number of aromatic nitrogens is 1. The first kappa shape index (κ1) is 17.5. The SMILES string of the molecule is Cn1cccc1[C@@H](CNC(=O)COc1ccccc1)N1CCOCC1. The van der Waals surface area contributed by atoms with E-state index in [-0.39, 0.29) is 18.6 Å². The molecule has 1 aromatic carbocycles. The summed E-state index contributed by atoms with van der Waals surface area (Å²) in [6.07, 6.45) is 2.03. The summed E-state index contributed by atoms with van der Waals surface area (Å²) in [7, 11) is 2.03. The highest BCUT2D eigenvalue weighted by molar-refractivity contribution is 5.77. The number of amides is 1. The fourth-order valence-electron chi connectivity index (χ4n) is 3.06. The zero-order chi connectivity index (χ0) is 17.5. The Morgan fingerprint density at radius 1 is 1.20 bits per heavy atom. The number of benzene rings is 1. The van der Waals surface area contributed by atoms with Crippen molar-refractivity contribution >= 4 is 5.91 Å². The van der Waals surface area contributed by atoms with Gasteiger partial charge in [-0.2, -0.15) is 0 Å². The number of nitrogens with zero attached hydrogens (tertiary/aromatic N) is 2. The van der Waals surface area contributed by atoms with Crippen LogP contribution in [0.15, 0.2) is 48.7 Å². The smallest absolute Gasteiger partial charge is 0.258 e. The van der Waals surface area contributed by atoms with Gasteiger partial charge in [0.2, 0.25) is 0 Å². The third-order valence-electron chi connectivity index (χ3n) is 4.42. The average molecular weight is 343 g/mol. The van der Waals surface area contributed by atoms with Gasteiger partial charge in [0, 0.05) is 38.6 Å². The molecule has 0 radical (unpaired) electrons. The molecular weight excluding hydrogens is 318 g/mol. The third-order valence-corrected chi connectivity index (χ3v) is 4.42. The van der Waals surface area contributed by atoms with Gasteiger partial charge in [-0.25, -0.2) is 0 Å². The largest absolute Gasteiger partial charge is 0.484 e. The molecule has 6 nitrogen and oxygen atoms in total. The minimum Gasteiger partial charge on any atom is -0.484 e. The van der Waals surface area contributed by atoms with Gasteiger partial charge < -0.3 is 19.4 Å². The van der Waals surface area contributed by atoms with E-state index in [0.717, 1.165) is 26.3 Å². The Balaban J connectivity index is 1.56. The molecule has 2 heterocycles. The molecule has 1 fully saturated rings. The quantitative estimate of drug-likeness (QED) is 0.830.